The zero-order valence-electron chi connectivity index (χ0n) is 10.1. The summed E-state index contributed by atoms with van der Waals surface area (Å²) < 4.78 is 0.854. The molecule has 4 heteroatoms. The Morgan fingerprint density at radius 2 is 2.19 bits per heavy atom. The fourth-order valence-electron chi connectivity index (χ4n) is 1.37. The summed E-state index contributed by atoms with van der Waals surface area (Å²) in [6.07, 6.45) is 2.10. The molecule has 0 aromatic carbocycles. The van der Waals surface area contributed by atoms with E-state index in [1.54, 1.807) is 11.3 Å². The first-order valence-corrected chi connectivity index (χ1v) is 6.76. The van der Waals surface area contributed by atoms with Crippen LogP contribution in [0.1, 0.15) is 32.1 Å². The van der Waals surface area contributed by atoms with E-state index < -0.39 is 5.60 Å². The van der Waals surface area contributed by atoms with E-state index in [1.165, 1.54) is 4.88 Å². The van der Waals surface area contributed by atoms with Gasteiger partial charge in [0.05, 0.1) is 9.94 Å². The van der Waals surface area contributed by atoms with Gasteiger partial charge in [-0.2, -0.15) is 0 Å². The molecular formula is C12H20ClNOS. The van der Waals surface area contributed by atoms with Crippen molar-refractivity contribution in [1.29, 1.82) is 0 Å². The minimum Gasteiger partial charge on any atom is -0.389 e. The first kappa shape index (κ1) is 14.0. The zero-order chi connectivity index (χ0) is 12.2. The van der Waals surface area contributed by atoms with E-state index in [2.05, 4.69) is 18.3 Å². The van der Waals surface area contributed by atoms with Crippen molar-refractivity contribution in [3.8, 4) is 0 Å². The van der Waals surface area contributed by atoms with Gasteiger partial charge in [-0.15, -0.1) is 11.3 Å². The topological polar surface area (TPSA) is 32.3 Å². The van der Waals surface area contributed by atoms with E-state index in [0.717, 1.165) is 17.2 Å². The van der Waals surface area contributed by atoms with Crippen molar-refractivity contribution in [2.45, 2.75) is 45.3 Å². The summed E-state index contributed by atoms with van der Waals surface area (Å²) in [7, 11) is 0. The SMILES string of the molecule is CC(CCc1ccc(Cl)s1)NCC(C)(C)O. The Bertz CT molecular complexity index is 319. The van der Waals surface area contributed by atoms with Crippen LogP contribution < -0.4 is 5.32 Å². The Balaban J connectivity index is 2.22. The lowest BCUT2D eigenvalue weighted by Gasteiger charge is -2.21. The Hall–Kier alpha value is -0.0900. The molecule has 1 aromatic rings. The van der Waals surface area contributed by atoms with Crippen LogP contribution in [-0.4, -0.2) is 23.3 Å². The van der Waals surface area contributed by atoms with E-state index in [4.69, 9.17) is 11.6 Å². The molecule has 0 aliphatic heterocycles. The second-order valence-electron chi connectivity index (χ2n) is 4.84. The highest BCUT2D eigenvalue weighted by Gasteiger charge is 2.13. The normalized spacial score (nSPS) is 14.1. The molecule has 1 unspecified atom stereocenters. The monoisotopic (exact) mass is 261 g/mol. The van der Waals surface area contributed by atoms with Gasteiger partial charge < -0.3 is 10.4 Å². The summed E-state index contributed by atoms with van der Waals surface area (Å²) in [5, 5.41) is 12.9. The first-order chi connectivity index (χ1) is 7.37. The van der Waals surface area contributed by atoms with Crippen molar-refractivity contribution < 1.29 is 5.11 Å². The van der Waals surface area contributed by atoms with E-state index >= 15 is 0 Å². The highest BCUT2D eigenvalue weighted by atomic mass is 35.5. The third-order valence-electron chi connectivity index (χ3n) is 2.34. The molecule has 1 rings (SSSR count). The molecule has 0 aliphatic carbocycles. The second kappa shape index (κ2) is 6.01. The average Bonchev–Trinajstić information content (AvgIpc) is 2.57. The van der Waals surface area contributed by atoms with Gasteiger partial charge in [-0.3, -0.25) is 0 Å². The summed E-state index contributed by atoms with van der Waals surface area (Å²) in [6, 6.07) is 4.43. The van der Waals surface area contributed by atoms with Crippen LogP contribution in [0.3, 0.4) is 0 Å². The van der Waals surface area contributed by atoms with Crippen molar-refractivity contribution in [3.63, 3.8) is 0 Å². The molecular weight excluding hydrogens is 242 g/mol. The molecule has 1 atom stereocenters. The molecule has 0 fully saturated rings. The fourth-order valence-corrected chi connectivity index (χ4v) is 2.47. The van der Waals surface area contributed by atoms with Gasteiger partial charge in [0.1, 0.15) is 0 Å². The van der Waals surface area contributed by atoms with Crippen LogP contribution in [0, 0.1) is 0 Å². The molecule has 16 heavy (non-hydrogen) atoms. The maximum atomic E-state index is 9.58. The van der Waals surface area contributed by atoms with Crippen LogP contribution >= 0.6 is 22.9 Å². The van der Waals surface area contributed by atoms with Crippen molar-refractivity contribution in [2.75, 3.05) is 6.54 Å². The van der Waals surface area contributed by atoms with Gasteiger partial charge in [-0.1, -0.05) is 11.6 Å². The lowest BCUT2D eigenvalue weighted by Crippen LogP contribution is -2.39. The van der Waals surface area contributed by atoms with Gasteiger partial charge in [0, 0.05) is 17.5 Å². The summed E-state index contributed by atoms with van der Waals surface area (Å²) in [4.78, 5) is 1.32. The van der Waals surface area contributed by atoms with Gasteiger partial charge in [-0.25, -0.2) is 0 Å². The van der Waals surface area contributed by atoms with Crippen molar-refractivity contribution >= 4 is 22.9 Å². The average molecular weight is 262 g/mol. The highest BCUT2D eigenvalue weighted by molar-refractivity contribution is 7.16. The number of aliphatic hydroxyl groups is 1. The van der Waals surface area contributed by atoms with Crippen molar-refractivity contribution in [1.82, 2.24) is 5.32 Å². The first-order valence-electron chi connectivity index (χ1n) is 5.57. The second-order valence-corrected chi connectivity index (χ2v) is 6.64. The number of aryl methyl sites for hydroxylation is 1. The number of rotatable bonds is 6. The minimum absolute atomic E-state index is 0.410. The molecule has 2 N–H and O–H groups in total. The lowest BCUT2D eigenvalue weighted by atomic mass is 10.1. The molecule has 0 amide bonds. The van der Waals surface area contributed by atoms with Crippen LogP contribution in [0.2, 0.25) is 4.34 Å². The molecule has 0 saturated carbocycles. The number of thiophene rings is 1. The van der Waals surface area contributed by atoms with E-state index in [9.17, 15) is 5.11 Å². The third-order valence-corrected chi connectivity index (χ3v) is 3.63. The molecule has 0 radical (unpaired) electrons. The molecule has 1 aromatic heterocycles. The predicted molar refractivity (Wildman–Crippen MR) is 71.4 cm³/mol. The van der Waals surface area contributed by atoms with Crippen LogP contribution in [0.5, 0.6) is 0 Å². The molecule has 92 valence electrons. The van der Waals surface area contributed by atoms with Gasteiger partial charge in [0.25, 0.3) is 0 Å². The number of halogens is 1. The summed E-state index contributed by atoms with van der Waals surface area (Å²) >= 11 is 7.51. The maximum Gasteiger partial charge on any atom is 0.0931 e. The van der Waals surface area contributed by atoms with Crippen molar-refractivity contribution in [3.05, 3.63) is 21.3 Å². The standard InChI is InChI=1S/C12H20ClNOS/c1-9(14-8-12(2,3)15)4-5-10-6-7-11(13)16-10/h6-7,9,14-15H,4-5,8H2,1-3H3. The number of nitrogens with one attached hydrogen (secondary N) is 1. The van der Waals surface area contributed by atoms with Gasteiger partial charge in [0.2, 0.25) is 0 Å². The number of hydrogen-bond acceptors (Lipinski definition) is 3. The molecule has 0 aliphatic rings. The van der Waals surface area contributed by atoms with Gasteiger partial charge >= 0.3 is 0 Å². The Labute approximate surface area is 107 Å². The lowest BCUT2D eigenvalue weighted by molar-refractivity contribution is 0.0767. The smallest absolute Gasteiger partial charge is 0.0931 e. The Morgan fingerprint density at radius 1 is 1.50 bits per heavy atom. The molecule has 1 heterocycles. The van der Waals surface area contributed by atoms with Crippen LogP contribution in [0.15, 0.2) is 12.1 Å². The van der Waals surface area contributed by atoms with Crippen LogP contribution in [0.4, 0.5) is 0 Å². The van der Waals surface area contributed by atoms with Gasteiger partial charge in [0.15, 0.2) is 0 Å². The van der Waals surface area contributed by atoms with Gasteiger partial charge in [-0.05, 0) is 45.7 Å². The summed E-state index contributed by atoms with van der Waals surface area (Å²) in [5.74, 6) is 0. The van der Waals surface area contributed by atoms with Crippen LogP contribution in [-0.2, 0) is 6.42 Å². The quantitative estimate of drug-likeness (QED) is 0.825. The zero-order valence-corrected chi connectivity index (χ0v) is 11.7. The Morgan fingerprint density at radius 3 is 2.69 bits per heavy atom. The largest absolute Gasteiger partial charge is 0.389 e. The summed E-state index contributed by atoms with van der Waals surface area (Å²) in [6.45, 7) is 6.39. The maximum absolute atomic E-state index is 9.58. The summed E-state index contributed by atoms with van der Waals surface area (Å²) in [5.41, 5.74) is -0.638. The number of hydrogen-bond donors (Lipinski definition) is 2. The fraction of sp³-hybridized carbons (Fsp3) is 0.667. The van der Waals surface area contributed by atoms with Crippen molar-refractivity contribution in [2.24, 2.45) is 0 Å². The molecule has 0 bridgehead atoms. The predicted octanol–water partition coefficient (Wildman–Crippen LogP) is 3.08. The van der Waals surface area contributed by atoms with Crippen LogP contribution in [0.25, 0.3) is 0 Å². The minimum atomic E-state index is -0.638. The molecule has 2 nitrogen and oxygen atoms in total. The van der Waals surface area contributed by atoms with E-state index in [-0.39, 0.29) is 0 Å². The third kappa shape index (κ3) is 5.85. The molecule has 0 saturated heterocycles. The highest BCUT2D eigenvalue weighted by Crippen LogP contribution is 2.22. The van der Waals surface area contributed by atoms with E-state index in [1.807, 2.05) is 19.9 Å². The van der Waals surface area contributed by atoms with E-state index in [0.29, 0.717) is 12.6 Å². The molecule has 0 spiro atoms. The Kier molecular flexibility index (Phi) is 5.25.